The molecule has 0 bridgehead atoms. The lowest BCUT2D eigenvalue weighted by Gasteiger charge is -2.34. The summed E-state index contributed by atoms with van der Waals surface area (Å²) in [4.78, 5) is 28.6. The number of likely N-dealkylation sites (N-methyl/N-ethyl adjacent to an activating group) is 1. The Labute approximate surface area is 256 Å². The van der Waals surface area contributed by atoms with Crippen molar-refractivity contribution in [2.45, 2.75) is 84.5 Å². The largest absolute Gasteiger partial charge is 0.493 e. The van der Waals surface area contributed by atoms with Gasteiger partial charge in [0.25, 0.3) is 0 Å². The van der Waals surface area contributed by atoms with Crippen LogP contribution in [0.4, 0.5) is 5.69 Å². The molecule has 1 aromatic heterocycles. The Hall–Kier alpha value is -3.55. The number of hydrogen-bond donors (Lipinski definition) is 1. The van der Waals surface area contributed by atoms with E-state index in [9.17, 15) is 4.79 Å². The molecule has 0 saturated carbocycles. The van der Waals surface area contributed by atoms with Gasteiger partial charge >= 0.3 is 0 Å². The highest BCUT2D eigenvalue weighted by Crippen LogP contribution is 2.43. The molecule has 2 heterocycles. The number of azide groups is 1. The molecule has 1 aliphatic heterocycles. The van der Waals surface area contributed by atoms with Crippen molar-refractivity contribution >= 4 is 22.5 Å². The van der Waals surface area contributed by atoms with Crippen molar-refractivity contribution in [3.8, 4) is 17.1 Å². The molecule has 0 unspecified atom stereocenters. The van der Waals surface area contributed by atoms with E-state index in [1.54, 1.807) is 0 Å². The van der Waals surface area contributed by atoms with Crippen LogP contribution in [0, 0.1) is 0 Å². The van der Waals surface area contributed by atoms with Crippen molar-refractivity contribution in [1.82, 2.24) is 14.9 Å². The number of nitrogens with one attached hydrogen (secondary N) is 1. The van der Waals surface area contributed by atoms with Crippen LogP contribution in [0.15, 0.2) is 35.4 Å². The molecule has 0 radical (unpaired) electrons. The molecule has 1 fully saturated rings. The number of unbranched alkanes of at least 4 members (excludes halogenated alkanes) is 1. The van der Waals surface area contributed by atoms with Gasteiger partial charge < -0.3 is 19.5 Å². The van der Waals surface area contributed by atoms with Gasteiger partial charge in [-0.3, -0.25) is 4.79 Å². The van der Waals surface area contributed by atoms with Gasteiger partial charge in [0.05, 0.1) is 17.6 Å². The van der Waals surface area contributed by atoms with Gasteiger partial charge in [-0.15, -0.1) is 0 Å². The second-order valence-corrected chi connectivity index (χ2v) is 13.9. The molecule has 4 rings (SSSR count). The number of Topliss-reactive ketones (excluding diaryl/α,β-unsaturated/α-hetero) is 1. The lowest BCUT2D eigenvalue weighted by molar-refractivity contribution is -0.119. The van der Waals surface area contributed by atoms with Crippen LogP contribution < -0.4 is 9.64 Å². The third kappa shape index (κ3) is 8.52. The molecule has 9 nitrogen and oxygen atoms in total. The third-order valence-electron chi connectivity index (χ3n) is 8.19. The Morgan fingerprint density at radius 2 is 1.63 bits per heavy atom. The fourth-order valence-electron chi connectivity index (χ4n) is 5.55. The van der Waals surface area contributed by atoms with Gasteiger partial charge in [0, 0.05) is 72.9 Å². The minimum Gasteiger partial charge on any atom is -0.493 e. The van der Waals surface area contributed by atoms with Gasteiger partial charge in [-0.05, 0) is 73.0 Å². The summed E-state index contributed by atoms with van der Waals surface area (Å²) in [6.07, 6.45) is 3.17. The molecular formula is C34H49N7O2. The molecule has 9 heteroatoms. The maximum Gasteiger partial charge on any atom is 0.138 e. The zero-order valence-electron chi connectivity index (χ0n) is 27.2. The number of nitrogens with zero attached hydrogens (tertiary/aromatic N) is 6. The van der Waals surface area contributed by atoms with E-state index >= 15 is 0 Å². The first-order valence-corrected chi connectivity index (χ1v) is 15.6. The predicted molar refractivity (Wildman–Crippen MR) is 176 cm³/mol. The Balaban J connectivity index is 1.56. The van der Waals surface area contributed by atoms with Crippen LogP contribution in [0.2, 0.25) is 0 Å². The maximum atomic E-state index is 12.4. The number of fused-ring (bicyclic) bond motifs is 1. The Morgan fingerprint density at radius 1 is 0.977 bits per heavy atom. The normalized spacial score (nSPS) is 14.6. The average Bonchev–Trinajstić information content (AvgIpc) is 3.38. The summed E-state index contributed by atoms with van der Waals surface area (Å²) < 4.78 is 6.52. The summed E-state index contributed by atoms with van der Waals surface area (Å²) in [5.74, 6) is 2.01. The van der Waals surface area contributed by atoms with E-state index in [0.717, 1.165) is 78.3 Å². The van der Waals surface area contributed by atoms with Gasteiger partial charge in [-0.25, -0.2) is 4.98 Å². The molecule has 2 aromatic carbocycles. The van der Waals surface area contributed by atoms with Crippen LogP contribution in [-0.2, 0) is 15.6 Å². The van der Waals surface area contributed by atoms with Gasteiger partial charge in [-0.2, -0.15) is 0 Å². The Morgan fingerprint density at radius 3 is 2.26 bits per heavy atom. The number of carbonyl (C=O) groups excluding carboxylic acids is 1. The van der Waals surface area contributed by atoms with E-state index in [4.69, 9.17) is 15.3 Å². The quantitative estimate of drug-likeness (QED) is 0.101. The predicted octanol–water partition coefficient (Wildman–Crippen LogP) is 7.79. The molecule has 43 heavy (non-hydrogen) atoms. The second-order valence-electron chi connectivity index (χ2n) is 13.9. The van der Waals surface area contributed by atoms with Crippen LogP contribution in [0.25, 0.3) is 32.9 Å². The lowest BCUT2D eigenvalue weighted by Crippen LogP contribution is -2.44. The topological polar surface area (TPSA) is 110 Å². The van der Waals surface area contributed by atoms with Crippen molar-refractivity contribution in [2.24, 2.45) is 5.11 Å². The van der Waals surface area contributed by atoms with Gasteiger partial charge in [0.1, 0.15) is 17.4 Å². The highest BCUT2D eigenvalue weighted by atomic mass is 16.5. The lowest BCUT2D eigenvalue weighted by atomic mass is 9.78. The average molecular weight is 588 g/mol. The van der Waals surface area contributed by atoms with Gasteiger partial charge in [0.15, 0.2) is 0 Å². The van der Waals surface area contributed by atoms with E-state index in [1.807, 2.05) is 0 Å². The summed E-state index contributed by atoms with van der Waals surface area (Å²) in [5, 5.41) is 3.53. The number of piperazine rings is 1. The zero-order chi connectivity index (χ0) is 31.2. The SMILES string of the molecule is CN1CCN(c2ccc3nc(-c4cc(C(C)(C)C)c(OCCCC(=O)CCCCN=[N+]=[N-])c(C(C)(C)C)c4)[nH]c3c2)CC1. The number of aromatic amines is 1. The minimum absolute atomic E-state index is 0.159. The molecule has 0 spiro atoms. The fraction of sp³-hybridized carbons (Fsp3) is 0.588. The summed E-state index contributed by atoms with van der Waals surface area (Å²) >= 11 is 0. The van der Waals surface area contributed by atoms with Crippen LogP contribution in [-0.4, -0.2) is 67.0 Å². The van der Waals surface area contributed by atoms with Gasteiger partial charge in [-0.1, -0.05) is 46.7 Å². The molecule has 1 N–H and O–H groups in total. The highest BCUT2D eigenvalue weighted by molar-refractivity contribution is 5.83. The number of aromatic nitrogens is 2. The summed E-state index contributed by atoms with van der Waals surface area (Å²) in [6.45, 7) is 18.4. The van der Waals surface area contributed by atoms with Crippen molar-refractivity contribution in [3.63, 3.8) is 0 Å². The molecule has 3 aromatic rings. The van der Waals surface area contributed by atoms with E-state index in [-0.39, 0.29) is 16.6 Å². The van der Waals surface area contributed by atoms with Crippen LogP contribution in [0.1, 0.15) is 84.8 Å². The number of ketones is 1. The first-order valence-electron chi connectivity index (χ1n) is 15.6. The monoisotopic (exact) mass is 587 g/mol. The first kappa shape index (κ1) is 32.4. The van der Waals surface area contributed by atoms with Crippen molar-refractivity contribution in [1.29, 1.82) is 0 Å². The Kier molecular flexibility index (Phi) is 10.4. The summed E-state index contributed by atoms with van der Waals surface area (Å²) in [7, 11) is 2.18. The molecule has 0 amide bonds. The van der Waals surface area contributed by atoms with Crippen LogP contribution in [0.5, 0.6) is 5.75 Å². The number of ether oxygens (including phenoxy) is 1. The number of H-pyrrole nitrogens is 1. The van der Waals surface area contributed by atoms with Crippen LogP contribution >= 0.6 is 0 Å². The standard InChI is InChI=1S/C34H49N7O2/c1-33(2,3)27-21-24(32-37-29-14-13-25(23-30(29)38-32)41-18-16-40(7)17-19-41)22-28(34(4,5)6)31(27)43-20-10-12-26(42)11-8-9-15-36-39-35/h13-14,21-23H,8-12,15-20H2,1-7H3,(H,37,38). The number of imidazole rings is 1. The maximum absolute atomic E-state index is 12.4. The molecule has 0 aliphatic carbocycles. The third-order valence-corrected chi connectivity index (χ3v) is 8.19. The van der Waals surface area contributed by atoms with E-state index < -0.39 is 0 Å². The molecule has 0 atom stereocenters. The molecule has 232 valence electrons. The minimum atomic E-state index is -0.159. The summed E-state index contributed by atoms with van der Waals surface area (Å²) in [5.41, 5.74) is 14.6. The number of rotatable bonds is 12. The van der Waals surface area contributed by atoms with Crippen LogP contribution in [0.3, 0.4) is 0 Å². The fourth-order valence-corrected chi connectivity index (χ4v) is 5.55. The van der Waals surface area contributed by atoms with E-state index in [0.29, 0.717) is 32.4 Å². The molecule has 1 saturated heterocycles. The number of benzene rings is 2. The van der Waals surface area contributed by atoms with Gasteiger partial charge in [0.2, 0.25) is 0 Å². The zero-order valence-corrected chi connectivity index (χ0v) is 27.2. The second kappa shape index (κ2) is 13.8. The van der Waals surface area contributed by atoms with E-state index in [1.165, 1.54) is 5.69 Å². The number of hydrogen-bond acceptors (Lipinski definition) is 6. The van der Waals surface area contributed by atoms with Crippen molar-refractivity contribution in [3.05, 3.63) is 51.9 Å². The van der Waals surface area contributed by atoms with Crippen molar-refractivity contribution in [2.75, 3.05) is 51.3 Å². The molecule has 1 aliphatic rings. The summed E-state index contributed by atoms with van der Waals surface area (Å²) in [6, 6.07) is 11.0. The molecular weight excluding hydrogens is 538 g/mol. The van der Waals surface area contributed by atoms with Crippen molar-refractivity contribution < 1.29 is 9.53 Å². The number of carbonyl (C=O) groups is 1. The number of anilines is 1. The Bertz CT molecular complexity index is 1410. The first-order chi connectivity index (χ1) is 20.4. The van der Waals surface area contributed by atoms with E-state index in [2.05, 4.69) is 104 Å². The highest BCUT2D eigenvalue weighted by Gasteiger charge is 2.29. The smallest absolute Gasteiger partial charge is 0.138 e.